The quantitative estimate of drug-likeness (QED) is 0.624. The lowest BCUT2D eigenvalue weighted by Gasteiger charge is -2.49. The molecule has 1 amide bonds. The van der Waals surface area contributed by atoms with Crippen molar-refractivity contribution in [2.75, 3.05) is 26.2 Å². The monoisotopic (exact) mass is 430 g/mol. The van der Waals surface area contributed by atoms with Crippen LogP contribution in [0.3, 0.4) is 0 Å². The predicted molar refractivity (Wildman–Crippen MR) is 124 cm³/mol. The molecular weight excluding hydrogens is 400 g/mol. The highest BCUT2D eigenvalue weighted by molar-refractivity contribution is 5.77. The van der Waals surface area contributed by atoms with E-state index in [1.54, 1.807) is 0 Å². The molecule has 0 spiro atoms. The Kier molecular flexibility index (Phi) is 5.95. The van der Waals surface area contributed by atoms with Crippen LogP contribution in [0.1, 0.15) is 24.5 Å². The highest BCUT2D eigenvalue weighted by Gasteiger charge is 2.41. The number of hydrogen-bond acceptors (Lipinski definition) is 4. The molecule has 2 aromatic carbocycles. The fraction of sp³-hybridized carbons (Fsp3) is 0.385. The molecule has 4 atom stereocenters. The number of benzene rings is 2. The normalized spacial score (nSPS) is 24.3. The Bertz CT molecular complexity index is 1050. The summed E-state index contributed by atoms with van der Waals surface area (Å²) < 4.78 is 7.62. The Labute approximate surface area is 189 Å². The van der Waals surface area contributed by atoms with Crippen molar-refractivity contribution in [3.05, 3.63) is 72.4 Å². The second kappa shape index (κ2) is 9.17. The molecule has 3 fully saturated rings. The molecule has 6 nitrogen and oxygen atoms in total. The third kappa shape index (κ3) is 4.41. The summed E-state index contributed by atoms with van der Waals surface area (Å²) in [7, 11) is 2.06. The average molecular weight is 431 g/mol. The van der Waals surface area contributed by atoms with E-state index in [-0.39, 0.29) is 12.5 Å². The molecule has 3 aromatic rings. The summed E-state index contributed by atoms with van der Waals surface area (Å²) >= 11 is 0. The molecule has 2 bridgehead atoms. The topological polar surface area (TPSA) is 59.4 Å². The molecule has 0 saturated carbocycles. The Hall–Kier alpha value is -3.12. The van der Waals surface area contributed by atoms with E-state index in [1.165, 1.54) is 12.1 Å². The fourth-order valence-electron chi connectivity index (χ4n) is 5.21. The first-order valence-corrected chi connectivity index (χ1v) is 11.5. The number of aryl methyl sites for hydroxylation is 1. The Balaban J connectivity index is 1.17. The maximum atomic E-state index is 12.3. The number of aromatic nitrogens is 2. The van der Waals surface area contributed by atoms with E-state index >= 15 is 0 Å². The van der Waals surface area contributed by atoms with E-state index in [0.29, 0.717) is 24.4 Å². The van der Waals surface area contributed by atoms with Crippen molar-refractivity contribution in [2.24, 2.45) is 13.0 Å². The number of fused-ring (bicyclic) bond motifs is 3. The molecule has 3 aliphatic heterocycles. The zero-order valence-corrected chi connectivity index (χ0v) is 18.5. The lowest BCUT2D eigenvalue weighted by molar-refractivity contribution is -0.123. The molecule has 3 saturated heterocycles. The van der Waals surface area contributed by atoms with Crippen LogP contribution in [0.2, 0.25) is 0 Å². The van der Waals surface area contributed by atoms with Crippen LogP contribution in [-0.2, 0) is 11.8 Å². The number of para-hydroxylation sites is 1. The SMILES string of the molecule is Cn1nc(-c2ccccc2)cc1[C@H]1CN2CC[C@H]1C[C@@H]2CNC(=O)COc1ccccc1. The van der Waals surface area contributed by atoms with Crippen LogP contribution in [0.5, 0.6) is 5.75 Å². The van der Waals surface area contributed by atoms with Gasteiger partial charge >= 0.3 is 0 Å². The van der Waals surface area contributed by atoms with Crippen molar-refractivity contribution >= 4 is 5.91 Å². The zero-order chi connectivity index (χ0) is 21.9. The summed E-state index contributed by atoms with van der Waals surface area (Å²) in [6, 6.07) is 22.5. The van der Waals surface area contributed by atoms with Crippen molar-refractivity contribution in [1.82, 2.24) is 20.0 Å². The van der Waals surface area contributed by atoms with E-state index < -0.39 is 0 Å². The Morgan fingerprint density at radius 3 is 2.59 bits per heavy atom. The minimum atomic E-state index is -0.0628. The first-order valence-electron chi connectivity index (χ1n) is 11.5. The predicted octanol–water partition coefficient (Wildman–Crippen LogP) is 3.46. The van der Waals surface area contributed by atoms with Gasteiger partial charge in [-0.25, -0.2) is 0 Å². The summed E-state index contributed by atoms with van der Waals surface area (Å²) in [4.78, 5) is 14.8. The number of rotatable bonds is 7. The van der Waals surface area contributed by atoms with E-state index in [1.807, 2.05) is 36.4 Å². The van der Waals surface area contributed by atoms with Gasteiger partial charge in [0.15, 0.2) is 6.61 Å². The molecule has 1 unspecified atom stereocenters. The van der Waals surface area contributed by atoms with Gasteiger partial charge in [-0.05, 0) is 43.5 Å². The number of nitrogens with zero attached hydrogens (tertiary/aromatic N) is 3. The molecule has 4 heterocycles. The van der Waals surface area contributed by atoms with Crippen molar-refractivity contribution in [2.45, 2.75) is 24.8 Å². The van der Waals surface area contributed by atoms with E-state index in [9.17, 15) is 4.79 Å². The van der Waals surface area contributed by atoms with Gasteiger partial charge in [0.05, 0.1) is 5.69 Å². The molecule has 3 aliphatic rings. The van der Waals surface area contributed by atoms with Crippen LogP contribution < -0.4 is 10.1 Å². The zero-order valence-electron chi connectivity index (χ0n) is 18.5. The van der Waals surface area contributed by atoms with Gasteiger partial charge in [-0.1, -0.05) is 48.5 Å². The third-order valence-electron chi connectivity index (χ3n) is 6.89. The summed E-state index contributed by atoms with van der Waals surface area (Å²) in [6.07, 6.45) is 2.31. The largest absolute Gasteiger partial charge is 0.484 e. The first-order chi connectivity index (χ1) is 15.7. The van der Waals surface area contributed by atoms with Crippen molar-refractivity contribution in [3.8, 4) is 17.0 Å². The molecule has 0 radical (unpaired) electrons. The number of amides is 1. The van der Waals surface area contributed by atoms with Gasteiger partial charge in [0.2, 0.25) is 0 Å². The number of piperidine rings is 3. The second-order valence-corrected chi connectivity index (χ2v) is 8.89. The van der Waals surface area contributed by atoms with E-state index in [0.717, 1.165) is 36.5 Å². The van der Waals surface area contributed by atoms with Crippen LogP contribution in [0.4, 0.5) is 0 Å². The van der Waals surface area contributed by atoms with Gasteiger partial charge < -0.3 is 10.1 Å². The molecule has 1 N–H and O–H groups in total. The lowest BCUT2D eigenvalue weighted by atomic mass is 9.74. The van der Waals surface area contributed by atoms with Gasteiger partial charge in [-0.3, -0.25) is 14.4 Å². The summed E-state index contributed by atoms with van der Waals surface area (Å²) in [5.74, 6) is 1.78. The van der Waals surface area contributed by atoms with Crippen LogP contribution in [0.25, 0.3) is 11.3 Å². The number of nitrogens with one attached hydrogen (secondary N) is 1. The molecule has 166 valence electrons. The summed E-state index contributed by atoms with van der Waals surface area (Å²) in [5.41, 5.74) is 3.52. The van der Waals surface area contributed by atoms with Gasteiger partial charge in [0.1, 0.15) is 5.75 Å². The van der Waals surface area contributed by atoms with Crippen LogP contribution in [0.15, 0.2) is 66.7 Å². The Morgan fingerprint density at radius 2 is 1.88 bits per heavy atom. The molecular formula is C26H30N4O2. The number of carbonyl (C=O) groups is 1. The minimum Gasteiger partial charge on any atom is -0.484 e. The van der Waals surface area contributed by atoms with E-state index in [4.69, 9.17) is 9.84 Å². The summed E-state index contributed by atoms with van der Waals surface area (Å²) in [5, 5.41) is 7.87. The maximum Gasteiger partial charge on any atom is 0.257 e. The van der Waals surface area contributed by atoms with Gasteiger partial charge in [-0.2, -0.15) is 5.10 Å². The Morgan fingerprint density at radius 1 is 1.12 bits per heavy atom. The van der Waals surface area contributed by atoms with Crippen LogP contribution >= 0.6 is 0 Å². The molecule has 6 rings (SSSR count). The number of hydrogen-bond donors (Lipinski definition) is 1. The van der Waals surface area contributed by atoms with E-state index in [2.05, 4.69) is 52.3 Å². The molecule has 1 aromatic heterocycles. The highest BCUT2D eigenvalue weighted by Crippen LogP contribution is 2.42. The van der Waals surface area contributed by atoms with Crippen molar-refractivity contribution in [1.29, 1.82) is 0 Å². The first kappa shape index (κ1) is 20.8. The maximum absolute atomic E-state index is 12.3. The highest BCUT2D eigenvalue weighted by atomic mass is 16.5. The molecule has 0 aliphatic carbocycles. The smallest absolute Gasteiger partial charge is 0.257 e. The standard InChI is InChI=1S/C26H30N4O2/c1-29-25(15-24(28-29)19-8-4-2-5-9-19)23-17-30-13-12-20(23)14-21(30)16-27-26(31)18-32-22-10-6-3-7-11-22/h2-11,15,20-21,23H,12-14,16-18H2,1H3,(H,27,31)/t20-,21+,23-/m0/s1. The minimum absolute atomic E-state index is 0.0556. The average Bonchev–Trinajstić information content (AvgIpc) is 3.24. The number of carbonyl (C=O) groups excluding carboxylic acids is 1. The van der Waals surface area contributed by atoms with Crippen LogP contribution in [0, 0.1) is 5.92 Å². The van der Waals surface area contributed by atoms with Gasteiger partial charge in [-0.15, -0.1) is 0 Å². The van der Waals surface area contributed by atoms with Crippen molar-refractivity contribution < 1.29 is 9.53 Å². The van der Waals surface area contributed by atoms with Crippen LogP contribution in [-0.4, -0.2) is 52.9 Å². The molecule has 6 heteroatoms. The fourth-order valence-corrected chi connectivity index (χ4v) is 5.21. The third-order valence-corrected chi connectivity index (χ3v) is 6.89. The lowest BCUT2D eigenvalue weighted by Crippen LogP contribution is -2.56. The molecule has 32 heavy (non-hydrogen) atoms. The van der Waals surface area contributed by atoms with Gasteiger partial charge in [0, 0.05) is 43.4 Å². The van der Waals surface area contributed by atoms with Crippen molar-refractivity contribution in [3.63, 3.8) is 0 Å². The second-order valence-electron chi connectivity index (χ2n) is 8.89. The van der Waals surface area contributed by atoms with Gasteiger partial charge in [0.25, 0.3) is 5.91 Å². The number of ether oxygens (including phenoxy) is 1. The summed E-state index contributed by atoms with van der Waals surface area (Å²) in [6.45, 7) is 2.87.